The normalized spacial score (nSPS) is 19.7. The van der Waals surface area contributed by atoms with Crippen molar-refractivity contribution in [3.8, 4) is 0 Å². The van der Waals surface area contributed by atoms with Crippen LogP contribution < -0.4 is 5.32 Å². The maximum absolute atomic E-state index is 9.56. The molecule has 1 unspecified atom stereocenters. The molecule has 0 aliphatic heterocycles. The summed E-state index contributed by atoms with van der Waals surface area (Å²) in [4.78, 5) is 0. The molecule has 1 saturated carbocycles. The first-order valence-electron chi connectivity index (χ1n) is 6.18. The van der Waals surface area contributed by atoms with Gasteiger partial charge in [-0.05, 0) is 31.6 Å². The van der Waals surface area contributed by atoms with E-state index in [1.807, 2.05) is 6.92 Å². The van der Waals surface area contributed by atoms with E-state index >= 15 is 0 Å². The molecule has 1 fully saturated rings. The number of hydrogen-bond donors (Lipinski definition) is 2. The molecule has 0 aromatic heterocycles. The predicted molar refractivity (Wildman–Crippen MR) is 63.5 cm³/mol. The maximum atomic E-state index is 9.56. The van der Waals surface area contributed by atoms with Gasteiger partial charge in [0.1, 0.15) is 0 Å². The van der Waals surface area contributed by atoms with Gasteiger partial charge >= 0.3 is 0 Å². The molecule has 0 amide bonds. The number of ether oxygens (including phenoxy) is 2. The Bertz CT molecular complexity index is 183. The maximum Gasteiger partial charge on any atom is 0.0897 e. The minimum absolute atomic E-state index is 0.391. The van der Waals surface area contributed by atoms with E-state index in [1.54, 1.807) is 7.11 Å². The summed E-state index contributed by atoms with van der Waals surface area (Å²) in [5.74, 6) is 0. The molecule has 4 heteroatoms. The average molecular weight is 231 g/mol. The summed E-state index contributed by atoms with van der Waals surface area (Å²) in [7, 11) is 1.75. The summed E-state index contributed by atoms with van der Waals surface area (Å²) in [6.07, 6.45) is 3.30. The molecule has 0 aromatic rings. The number of rotatable bonds is 10. The third kappa shape index (κ3) is 5.25. The minimum Gasteiger partial charge on any atom is -0.389 e. The van der Waals surface area contributed by atoms with Crippen LogP contribution in [0.15, 0.2) is 0 Å². The van der Waals surface area contributed by atoms with E-state index in [9.17, 15) is 5.11 Å². The van der Waals surface area contributed by atoms with Gasteiger partial charge in [0.15, 0.2) is 0 Å². The molecule has 1 rings (SSSR count). The van der Waals surface area contributed by atoms with Gasteiger partial charge in [0.25, 0.3) is 0 Å². The SMILES string of the molecule is CCOCC(O)CNCC1(CCOC)CC1. The van der Waals surface area contributed by atoms with Gasteiger partial charge in [-0.1, -0.05) is 0 Å². The molecule has 0 heterocycles. The first-order valence-corrected chi connectivity index (χ1v) is 6.18. The molecule has 1 atom stereocenters. The fourth-order valence-electron chi connectivity index (χ4n) is 1.83. The highest BCUT2D eigenvalue weighted by atomic mass is 16.5. The smallest absolute Gasteiger partial charge is 0.0897 e. The van der Waals surface area contributed by atoms with Crippen LogP contribution in [0.5, 0.6) is 0 Å². The lowest BCUT2D eigenvalue weighted by atomic mass is 10.0. The van der Waals surface area contributed by atoms with Crippen LogP contribution in [0, 0.1) is 5.41 Å². The van der Waals surface area contributed by atoms with Gasteiger partial charge in [-0.3, -0.25) is 0 Å². The van der Waals surface area contributed by atoms with E-state index in [0.717, 1.165) is 19.6 Å². The molecular weight excluding hydrogens is 206 g/mol. The van der Waals surface area contributed by atoms with E-state index in [0.29, 0.717) is 25.2 Å². The largest absolute Gasteiger partial charge is 0.389 e. The zero-order valence-electron chi connectivity index (χ0n) is 10.5. The van der Waals surface area contributed by atoms with Crippen LogP contribution in [0.1, 0.15) is 26.2 Å². The Morgan fingerprint density at radius 3 is 2.75 bits per heavy atom. The molecule has 1 aliphatic rings. The summed E-state index contributed by atoms with van der Waals surface area (Å²) in [6.45, 7) is 5.46. The number of hydrogen-bond acceptors (Lipinski definition) is 4. The van der Waals surface area contributed by atoms with E-state index in [4.69, 9.17) is 9.47 Å². The second-order valence-electron chi connectivity index (χ2n) is 4.69. The Balaban J connectivity index is 2.01. The van der Waals surface area contributed by atoms with Crippen molar-refractivity contribution in [3.63, 3.8) is 0 Å². The molecule has 0 aromatic carbocycles. The van der Waals surface area contributed by atoms with Crippen molar-refractivity contribution in [2.24, 2.45) is 5.41 Å². The Hall–Kier alpha value is -0.160. The minimum atomic E-state index is -0.391. The first-order chi connectivity index (χ1) is 7.72. The molecule has 0 bridgehead atoms. The third-order valence-corrected chi connectivity index (χ3v) is 3.19. The Morgan fingerprint density at radius 1 is 1.44 bits per heavy atom. The second-order valence-corrected chi connectivity index (χ2v) is 4.69. The van der Waals surface area contributed by atoms with Gasteiger partial charge in [-0.15, -0.1) is 0 Å². The zero-order chi connectivity index (χ0) is 11.9. The van der Waals surface area contributed by atoms with Crippen LogP contribution in [-0.4, -0.2) is 51.2 Å². The van der Waals surface area contributed by atoms with Gasteiger partial charge in [0, 0.05) is 33.4 Å². The van der Waals surface area contributed by atoms with E-state index in [-0.39, 0.29) is 0 Å². The average Bonchev–Trinajstić information content (AvgIpc) is 3.04. The lowest BCUT2D eigenvalue weighted by molar-refractivity contribution is 0.0420. The summed E-state index contributed by atoms with van der Waals surface area (Å²) in [5, 5.41) is 12.9. The standard InChI is InChI=1S/C12H25NO3/c1-3-16-9-11(14)8-13-10-12(4-5-12)6-7-15-2/h11,13-14H,3-10H2,1-2H3. The Kier molecular flexibility index (Phi) is 6.28. The summed E-state index contributed by atoms with van der Waals surface area (Å²) in [5.41, 5.74) is 0.446. The van der Waals surface area contributed by atoms with E-state index in [2.05, 4.69) is 5.32 Å². The third-order valence-electron chi connectivity index (χ3n) is 3.19. The molecular formula is C12H25NO3. The molecule has 1 aliphatic carbocycles. The van der Waals surface area contributed by atoms with Gasteiger partial charge < -0.3 is 19.9 Å². The molecule has 0 radical (unpaired) electrons. The van der Waals surface area contributed by atoms with Gasteiger partial charge in [0.2, 0.25) is 0 Å². The van der Waals surface area contributed by atoms with Crippen molar-refractivity contribution in [2.45, 2.75) is 32.3 Å². The number of aliphatic hydroxyl groups is 1. The topological polar surface area (TPSA) is 50.7 Å². The molecule has 96 valence electrons. The summed E-state index contributed by atoms with van der Waals surface area (Å²) < 4.78 is 10.2. The van der Waals surface area contributed by atoms with Crippen LogP contribution in [0.4, 0.5) is 0 Å². The lowest BCUT2D eigenvalue weighted by Crippen LogP contribution is -2.34. The summed E-state index contributed by atoms with van der Waals surface area (Å²) >= 11 is 0. The fourth-order valence-corrected chi connectivity index (χ4v) is 1.83. The zero-order valence-corrected chi connectivity index (χ0v) is 10.5. The van der Waals surface area contributed by atoms with Crippen molar-refractivity contribution in [1.82, 2.24) is 5.32 Å². The van der Waals surface area contributed by atoms with Gasteiger partial charge in [-0.25, -0.2) is 0 Å². The lowest BCUT2D eigenvalue weighted by Gasteiger charge is -2.17. The monoisotopic (exact) mass is 231 g/mol. The van der Waals surface area contributed by atoms with Crippen molar-refractivity contribution in [3.05, 3.63) is 0 Å². The van der Waals surface area contributed by atoms with Crippen molar-refractivity contribution in [2.75, 3.05) is 40.0 Å². The fraction of sp³-hybridized carbons (Fsp3) is 1.00. The molecule has 2 N–H and O–H groups in total. The van der Waals surface area contributed by atoms with Crippen LogP contribution >= 0.6 is 0 Å². The highest BCUT2D eigenvalue weighted by Crippen LogP contribution is 2.48. The number of aliphatic hydroxyl groups excluding tert-OH is 1. The number of methoxy groups -OCH3 is 1. The van der Waals surface area contributed by atoms with Gasteiger partial charge in [-0.2, -0.15) is 0 Å². The van der Waals surface area contributed by atoms with Crippen LogP contribution in [0.25, 0.3) is 0 Å². The number of nitrogens with one attached hydrogen (secondary N) is 1. The van der Waals surface area contributed by atoms with Crippen molar-refractivity contribution < 1.29 is 14.6 Å². The Morgan fingerprint density at radius 2 is 2.19 bits per heavy atom. The van der Waals surface area contributed by atoms with E-state index in [1.165, 1.54) is 12.8 Å². The highest BCUT2D eigenvalue weighted by Gasteiger charge is 2.41. The van der Waals surface area contributed by atoms with Crippen LogP contribution in [-0.2, 0) is 9.47 Å². The molecule has 4 nitrogen and oxygen atoms in total. The molecule has 0 saturated heterocycles. The van der Waals surface area contributed by atoms with Crippen LogP contribution in [0.3, 0.4) is 0 Å². The Labute approximate surface area is 98.3 Å². The first kappa shape index (κ1) is 13.9. The van der Waals surface area contributed by atoms with E-state index < -0.39 is 6.10 Å². The van der Waals surface area contributed by atoms with Crippen molar-refractivity contribution >= 4 is 0 Å². The van der Waals surface area contributed by atoms with Crippen LogP contribution in [0.2, 0.25) is 0 Å². The second kappa shape index (κ2) is 7.22. The predicted octanol–water partition coefficient (Wildman–Crippen LogP) is 0.790. The molecule has 16 heavy (non-hydrogen) atoms. The van der Waals surface area contributed by atoms with Crippen molar-refractivity contribution in [1.29, 1.82) is 0 Å². The summed E-state index contributed by atoms with van der Waals surface area (Å²) in [6, 6.07) is 0. The molecule has 0 spiro atoms. The van der Waals surface area contributed by atoms with Gasteiger partial charge in [0.05, 0.1) is 12.7 Å². The quantitative estimate of drug-likeness (QED) is 0.583. The highest BCUT2D eigenvalue weighted by molar-refractivity contribution is 4.94.